The maximum absolute atomic E-state index is 12.0. The van der Waals surface area contributed by atoms with Crippen LogP contribution in [0.1, 0.15) is 12.0 Å². The maximum atomic E-state index is 12.0. The van der Waals surface area contributed by atoms with Crippen LogP contribution in [0.4, 0.5) is 0 Å². The molecule has 0 bridgehead atoms. The summed E-state index contributed by atoms with van der Waals surface area (Å²) in [5.41, 5.74) is 1.24. The minimum atomic E-state index is -0.572. The Balaban J connectivity index is 1.85. The van der Waals surface area contributed by atoms with Gasteiger partial charge in [-0.2, -0.15) is 0 Å². The van der Waals surface area contributed by atoms with E-state index in [4.69, 9.17) is 9.47 Å². The van der Waals surface area contributed by atoms with E-state index in [1.54, 1.807) is 7.05 Å². The Bertz CT molecular complexity index is 551. The molecule has 24 heavy (non-hydrogen) atoms. The van der Waals surface area contributed by atoms with E-state index < -0.39 is 6.10 Å². The van der Waals surface area contributed by atoms with Crippen LogP contribution < -0.4 is 5.32 Å². The number of nitrogens with zero attached hydrogens (tertiary/aromatic N) is 1. The molecule has 1 saturated heterocycles. The van der Waals surface area contributed by atoms with Crippen molar-refractivity contribution in [3.63, 3.8) is 0 Å². The van der Waals surface area contributed by atoms with Crippen LogP contribution in [-0.4, -0.2) is 50.3 Å². The summed E-state index contributed by atoms with van der Waals surface area (Å²) >= 11 is 0. The highest BCUT2D eigenvalue weighted by Crippen LogP contribution is 2.13. The van der Waals surface area contributed by atoms with E-state index in [2.05, 4.69) is 30.1 Å². The first-order chi connectivity index (χ1) is 11.7. The van der Waals surface area contributed by atoms with Crippen molar-refractivity contribution in [3.8, 4) is 0 Å². The quantitative estimate of drug-likeness (QED) is 0.586. The van der Waals surface area contributed by atoms with E-state index in [9.17, 15) is 4.79 Å². The Morgan fingerprint density at radius 2 is 2.04 bits per heavy atom. The molecule has 1 N–H and O–H groups in total. The first kappa shape index (κ1) is 18.1. The molecule has 0 spiro atoms. The zero-order valence-electron chi connectivity index (χ0n) is 14.2. The normalized spacial score (nSPS) is 16.0. The molecule has 1 heterocycles. The van der Waals surface area contributed by atoms with Crippen LogP contribution in [0, 0.1) is 0 Å². The van der Waals surface area contributed by atoms with Gasteiger partial charge in [0.2, 0.25) is 0 Å². The fraction of sp³-hybridized carbons (Fsp3) is 0.421. The second kappa shape index (κ2) is 9.78. The molecule has 0 saturated carbocycles. The standard InChI is InChI=1S/C19H26N2O3/c1-16(21-12-14-23-15-13-21)24-18(19(22)20-2)11-7-6-10-17-8-4-3-5-9-17/h3-9,18H,1,10-15H2,2H3,(H,20,22)/b7-6-/t18-/m0/s1. The number of hydrogen-bond acceptors (Lipinski definition) is 4. The summed E-state index contributed by atoms with van der Waals surface area (Å²) in [6.45, 7) is 6.75. The van der Waals surface area contributed by atoms with Gasteiger partial charge >= 0.3 is 0 Å². The maximum Gasteiger partial charge on any atom is 0.261 e. The lowest BCUT2D eigenvalue weighted by Gasteiger charge is -2.31. The fourth-order valence-electron chi connectivity index (χ4n) is 2.47. The van der Waals surface area contributed by atoms with Crippen LogP contribution in [0.3, 0.4) is 0 Å². The summed E-state index contributed by atoms with van der Waals surface area (Å²) in [5, 5.41) is 2.65. The molecule has 1 atom stereocenters. The summed E-state index contributed by atoms with van der Waals surface area (Å²) < 4.78 is 11.1. The van der Waals surface area contributed by atoms with Gasteiger partial charge in [-0.15, -0.1) is 0 Å². The summed E-state index contributed by atoms with van der Waals surface area (Å²) in [7, 11) is 1.61. The Hall–Kier alpha value is -2.27. The molecule has 2 rings (SSSR count). The van der Waals surface area contributed by atoms with Gasteiger partial charge < -0.3 is 19.7 Å². The van der Waals surface area contributed by atoms with Gasteiger partial charge in [0.25, 0.3) is 5.91 Å². The van der Waals surface area contributed by atoms with E-state index in [-0.39, 0.29) is 5.91 Å². The molecule has 130 valence electrons. The first-order valence-corrected chi connectivity index (χ1v) is 8.29. The van der Waals surface area contributed by atoms with Crippen LogP contribution in [0.5, 0.6) is 0 Å². The SMILES string of the molecule is C=C(O[C@@H](C/C=C\Cc1ccccc1)C(=O)NC)N1CCOCC1. The summed E-state index contributed by atoms with van der Waals surface area (Å²) in [4.78, 5) is 14.0. The molecule has 0 aromatic heterocycles. The Labute approximate surface area is 143 Å². The molecule has 0 aliphatic carbocycles. The van der Waals surface area contributed by atoms with Crippen molar-refractivity contribution in [2.45, 2.75) is 18.9 Å². The summed E-state index contributed by atoms with van der Waals surface area (Å²) in [5.74, 6) is 0.386. The van der Waals surface area contributed by atoms with E-state index >= 15 is 0 Å². The Morgan fingerprint density at radius 3 is 2.71 bits per heavy atom. The molecular weight excluding hydrogens is 304 g/mol. The molecule has 1 aromatic carbocycles. The largest absolute Gasteiger partial charge is 0.466 e. The van der Waals surface area contributed by atoms with Gasteiger partial charge in [0.1, 0.15) is 0 Å². The monoisotopic (exact) mass is 330 g/mol. The zero-order chi connectivity index (χ0) is 17.2. The third-order valence-electron chi connectivity index (χ3n) is 3.89. The molecule has 1 amide bonds. The van der Waals surface area contributed by atoms with Gasteiger partial charge in [-0.3, -0.25) is 4.79 Å². The van der Waals surface area contributed by atoms with Crippen molar-refractivity contribution >= 4 is 5.91 Å². The van der Waals surface area contributed by atoms with Crippen LogP contribution in [0.15, 0.2) is 54.9 Å². The topological polar surface area (TPSA) is 50.8 Å². The minimum Gasteiger partial charge on any atom is -0.466 e. The number of benzene rings is 1. The molecule has 0 unspecified atom stereocenters. The highest BCUT2D eigenvalue weighted by atomic mass is 16.5. The molecule has 0 radical (unpaired) electrons. The van der Waals surface area contributed by atoms with Gasteiger partial charge in [0.05, 0.1) is 13.2 Å². The number of allylic oxidation sites excluding steroid dienone is 1. The number of carbonyl (C=O) groups is 1. The molecule has 1 fully saturated rings. The molecule has 1 aliphatic heterocycles. The number of morpholine rings is 1. The van der Waals surface area contributed by atoms with Crippen molar-refractivity contribution < 1.29 is 14.3 Å². The highest BCUT2D eigenvalue weighted by molar-refractivity contribution is 5.80. The highest BCUT2D eigenvalue weighted by Gasteiger charge is 2.21. The van der Waals surface area contributed by atoms with Gasteiger partial charge in [-0.25, -0.2) is 0 Å². The zero-order valence-corrected chi connectivity index (χ0v) is 14.2. The second-order valence-electron chi connectivity index (χ2n) is 5.61. The van der Waals surface area contributed by atoms with Gasteiger partial charge in [0.15, 0.2) is 12.0 Å². The third-order valence-corrected chi connectivity index (χ3v) is 3.89. The Morgan fingerprint density at radius 1 is 1.33 bits per heavy atom. The van der Waals surface area contributed by atoms with Gasteiger partial charge in [0, 0.05) is 26.6 Å². The van der Waals surface area contributed by atoms with E-state index in [1.165, 1.54) is 5.56 Å². The first-order valence-electron chi connectivity index (χ1n) is 8.29. The van der Waals surface area contributed by atoms with E-state index in [1.807, 2.05) is 29.2 Å². The van der Waals surface area contributed by atoms with Crippen LogP contribution in [0.2, 0.25) is 0 Å². The van der Waals surface area contributed by atoms with Crippen molar-refractivity contribution in [3.05, 3.63) is 60.5 Å². The molecule has 5 nitrogen and oxygen atoms in total. The average Bonchev–Trinajstić information content (AvgIpc) is 2.65. The number of rotatable bonds is 8. The number of ether oxygens (including phenoxy) is 2. The number of amides is 1. The van der Waals surface area contributed by atoms with Crippen molar-refractivity contribution in [2.75, 3.05) is 33.4 Å². The minimum absolute atomic E-state index is 0.145. The van der Waals surface area contributed by atoms with Crippen LogP contribution in [-0.2, 0) is 20.7 Å². The summed E-state index contributed by atoms with van der Waals surface area (Å²) in [6.07, 6.45) is 4.82. The lowest BCUT2D eigenvalue weighted by atomic mass is 10.1. The number of hydrogen-bond donors (Lipinski definition) is 1. The van der Waals surface area contributed by atoms with Crippen molar-refractivity contribution in [2.24, 2.45) is 0 Å². The lowest BCUT2D eigenvalue weighted by Crippen LogP contribution is -2.40. The van der Waals surface area contributed by atoms with Crippen molar-refractivity contribution in [1.82, 2.24) is 10.2 Å². The smallest absolute Gasteiger partial charge is 0.261 e. The van der Waals surface area contributed by atoms with Crippen LogP contribution >= 0.6 is 0 Å². The lowest BCUT2D eigenvalue weighted by molar-refractivity contribution is -0.131. The predicted molar refractivity (Wildman–Crippen MR) is 94.4 cm³/mol. The molecule has 1 aliphatic rings. The third kappa shape index (κ3) is 5.74. The van der Waals surface area contributed by atoms with E-state index in [0.29, 0.717) is 25.5 Å². The Kier molecular flexibility index (Phi) is 7.36. The van der Waals surface area contributed by atoms with Crippen molar-refractivity contribution in [1.29, 1.82) is 0 Å². The number of nitrogens with one attached hydrogen (secondary N) is 1. The number of likely N-dealkylation sites (N-methyl/N-ethyl adjacent to an activating group) is 1. The average molecular weight is 330 g/mol. The fourth-order valence-corrected chi connectivity index (χ4v) is 2.47. The van der Waals surface area contributed by atoms with Crippen LogP contribution in [0.25, 0.3) is 0 Å². The number of carbonyl (C=O) groups excluding carboxylic acids is 1. The van der Waals surface area contributed by atoms with Gasteiger partial charge in [-0.05, 0) is 18.6 Å². The predicted octanol–water partition coefficient (Wildman–Crippen LogP) is 2.11. The van der Waals surface area contributed by atoms with Gasteiger partial charge in [-0.1, -0.05) is 42.5 Å². The molecular formula is C19H26N2O3. The molecule has 1 aromatic rings. The second-order valence-corrected chi connectivity index (χ2v) is 5.61. The van der Waals surface area contributed by atoms with E-state index in [0.717, 1.165) is 19.5 Å². The summed E-state index contributed by atoms with van der Waals surface area (Å²) in [6, 6.07) is 10.2. The molecule has 5 heteroatoms.